The lowest BCUT2D eigenvalue weighted by molar-refractivity contribution is -0.137. The Kier molecular flexibility index (Phi) is 5.20. The molecule has 0 amide bonds. The zero-order valence-electron chi connectivity index (χ0n) is 12.3. The van der Waals surface area contributed by atoms with Crippen molar-refractivity contribution in [1.82, 2.24) is 0 Å². The van der Waals surface area contributed by atoms with E-state index in [0.29, 0.717) is 24.2 Å². The van der Waals surface area contributed by atoms with E-state index in [0.717, 1.165) is 5.56 Å². The summed E-state index contributed by atoms with van der Waals surface area (Å²) in [6.07, 6.45) is 3.51. The molecule has 0 unspecified atom stereocenters. The van der Waals surface area contributed by atoms with Gasteiger partial charge in [-0.2, -0.15) is 0 Å². The maximum Gasteiger partial charge on any atom is 0.330 e. The van der Waals surface area contributed by atoms with Gasteiger partial charge in [0.1, 0.15) is 0 Å². The molecule has 4 nitrogen and oxygen atoms in total. The van der Waals surface area contributed by atoms with Crippen molar-refractivity contribution in [2.24, 2.45) is 0 Å². The normalized spacial score (nSPS) is 10.8. The number of esters is 1. The Morgan fingerprint density at radius 3 is 2.59 bits per heavy atom. The lowest BCUT2D eigenvalue weighted by Gasteiger charge is -2.04. The van der Waals surface area contributed by atoms with Gasteiger partial charge in [-0.25, -0.2) is 4.79 Å². The Balaban J connectivity index is 1.86. The maximum absolute atomic E-state index is 11.6. The monoisotopic (exact) mass is 298 g/mol. The topological polar surface area (TPSA) is 66.8 Å². The van der Waals surface area contributed by atoms with Crippen molar-refractivity contribution >= 4 is 12.0 Å². The Bertz CT molecular complexity index is 652. The van der Waals surface area contributed by atoms with Gasteiger partial charge in [-0.05, 0) is 41.8 Å². The minimum atomic E-state index is -0.443. The van der Waals surface area contributed by atoms with Gasteiger partial charge < -0.3 is 14.9 Å². The van der Waals surface area contributed by atoms with Crippen molar-refractivity contribution in [1.29, 1.82) is 0 Å². The summed E-state index contributed by atoms with van der Waals surface area (Å²) in [4.78, 5) is 11.6. The minimum absolute atomic E-state index is 0.150. The SMILES string of the molecule is Cc1cc(/C=C/C(=O)OCCc2ccccc2)cc(O)c1O. The Hall–Kier alpha value is -2.75. The Morgan fingerprint density at radius 1 is 1.18 bits per heavy atom. The second-order valence-corrected chi connectivity index (χ2v) is 4.94. The number of hydrogen-bond donors (Lipinski definition) is 2. The molecule has 2 N–H and O–H groups in total. The summed E-state index contributed by atoms with van der Waals surface area (Å²) in [6.45, 7) is 1.98. The highest BCUT2D eigenvalue weighted by Gasteiger charge is 2.04. The largest absolute Gasteiger partial charge is 0.504 e. The molecular weight excluding hydrogens is 280 g/mol. The average molecular weight is 298 g/mol. The fourth-order valence-electron chi connectivity index (χ4n) is 2.01. The third-order valence-corrected chi connectivity index (χ3v) is 3.19. The molecule has 2 rings (SSSR count). The maximum atomic E-state index is 11.6. The van der Waals surface area contributed by atoms with E-state index in [2.05, 4.69) is 0 Å². The summed E-state index contributed by atoms with van der Waals surface area (Å²) in [7, 11) is 0. The van der Waals surface area contributed by atoms with Crippen LogP contribution >= 0.6 is 0 Å². The number of benzene rings is 2. The molecule has 0 radical (unpaired) electrons. The molecule has 0 fully saturated rings. The second-order valence-electron chi connectivity index (χ2n) is 4.94. The average Bonchev–Trinajstić information content (AvgIpc) is 2.51. The predicted octanol–water partition coefficient (Wildman–Crippen LogP) is 3.21. The van der Waals surface area contributed by atoms with Gasteiger partial charge in [-0.3, -0.25) is 0 Å². The van der Waals surface area contributed by atoms with Crippen molar-refractivity contribution in [2.45, 2.75) is 13.3 Å². The van der Waals surface area contributed by atoms with Crippen molar-refractivity contribution in [3.05, 3.63) is 65.2 Å². The van der Waals surface area contributed by atoms with E-state index in [-0.39, 0.29) is 11.5 Å². The number of carbonyl (C=O) groups excluding carboxylic acids is 1. The van der Waals surface area contributed by atoms with E-state index < -0.39 is 5.97 Å². The number of phenols is 2. The molecule has 0 heterocycles. The molecule has 0 aliphatic carbocycles. The highest BCUT2D eigenvalue weighted by atomic mass is 16.5. The van der Waals surface area contributed by atoms with Crippen molar-refractivity contribution in [3.63, 3.8) is 0 Å². The van der Waals surface area contributed by atoms with Crippen molar-refractivity contribution in [3.8, 4) is 11.5 Å². The molecule has 0 aliphatic rings. The van der Waals surface area contributed by atoms with E-state index >= 15 is 0 Å². The summed E-state index contributed by atoms with van der Waals surface area (Å²) < 4.78 is 5.11. The highest BCUT2D eigenvalue weighted by Crippen LogP contribution is 2.30. The van der Waals surface area contributed by atoms with Crippen LogP contribution in [0.15, 0.2) is 48.5 Å². The summed E-state index contributed by atoms with van der Waals surface area (Å²) >= 11 is 0. The number of phenolic OH excluding ortho intramolecular Hbond substituents is 2. The molecular formula is C18H18O4. The lowest BCUT2D eigenvalue weighted by atomic mass is 10.1. The standard InChI is InChI=1S/C18H18O4/c1-13-11-15(12-16(19)18(13)21)7-8-17(20)22-10-9-14-5-3-2-4-6-14/h2-8,11-12,19,21H,9-10H2,1H3/b8-7+. The first-order chi connectivity index (χ1) is 10.6. The van der Waals surface area contributed by atoms with Crippen LogP contribution in [0.5, 0.6) is 11.5 Å². The van der Waals surface area contributed by atoms with Gasteiger partial charge in [0.15, 0.2) is 11.5 Å². The summed E-state index contributed by atoms with van der Waals surface area (Å²) in [5.74, 6) is -0.805. The van der Waals surface area contributed by atoms with E-state index in [1.165, 1.54) is 18.2 Å². The van der Waals surface area contributed by atoms with Gasteiger partial charge >= 0.3 is 5.97 Å². The summed E-state index contributed by atoms with van der Waals surface area (Å²) in [6, 6.07) is 12.8. The molecule has 4 heteroatoms. The van der Waals surface area contributed by atoms with Gasteiger partial charge in [0.2, 0.25) is 0 Å². The van der Waals surface area contributed by atoms with Gasteiger partial charge in [-0.15, -0.1) is 0 Å². The van der Waals surface area contributed by atoms with Gasteiger partial charge in [0.05, 0.1) is 6.61 Å². The third kappa shape index (κ3) is 4.38. The zero-order valence-corrected chi connectivity index (χ0v) is 12.3. The van der Waals surface area contributed by atoms with Crippen LogP contribution in [0, 0.1) is 6.92 Å². The highest BCUT2D eigenvalue weighted by molar-refractivity contribution is 5.87. The number of rotatable bonds is 5. The summed E-state index contributed by atoms with van der Waals surface area (Å²) in [5.41, 5.74) is 2.27. The lowest BCUT2D eigenvalue weighted by Crippen LogP contribution is -2.04. The van der Waals surface area contributed by atoms with Gasteiger partial charge in [0, 0.05) is 12.5 Å². The van der Waals surface area contributed by atoms with Crippen molar-refractivity contribution in [2.75, 3.05) is 6.61 Å². The van der Waals surface area contributed by atoms with Gasteiger partial charge in [0.25, 0.3) is 0 Å². The number of ether oxygens (including phenoxy) is 1. The number of hydrogen-bond acceptors (Lipinski definition) is 4. The molecule has 2 aromatic carbocycles. The first-order valence-electron chi connectivity index (χ1n) is 6.97. The van der Waals surface area contributed by atoms with Crippen molar-refractivity contribution < 1.29 is 19.7 Å². The molecule has 0 aliphatic heterocycles. The molecule has 0 aromatic heterocycles. The third-order valence-electron chi connectivity index (χ3n) is 3.19. The van der Waals surface area contributed by atoms with Crippen LogP contribution < -0.4 is 0 Å². The van der Waals surface area contributed by atoms with Gasteiger partial charge in [-0.1, -0.05) is 30.3 Å². The first-order valence-corrected chi connectivity index (χ1v) is 6.97. The number of carbonyl (C=O) groups is 1. The van der Waals surface area contributed by atoms with E-state index in [1.807, 2.05) is 30.3 Å². The van der Waals surface area contributed by atoms with E-state index in [4.69, 9.17) is 4.74 Å². The first kappa shape index (κ1) is 15.6. The fraction of sp³-hybridized carbons (Fsp3) is 0.167. The van der Waals surface area contributed by atoms with E-state index in [9.17, 15) is 15.0 Å². The molecule has 2 aromatic rings. The Morgan fingerprint density at radius 2 is 1.91 bits per heavy atom. The Labute approximate surface area is 129 Å². The number of aromatic hydroxyl groups is 2. The minimum Gasteiger partial charge on any atom is -0.504 e. The molecule has 0 atom stereocenters. The van der Waals surface area contributed by atoms with Crippen LogP contribution in [-0.4, -0.2) is 22.8 Å². The quantitative estimate of drug-likeness (QED) is 0.505. The smallest absolute Gasteiger partial charge is 0.330 e. The van der Waals surface area contributed by atoms with Crippen LogP contribution in [0.3, 0.4) is 0 Å². The zero-order chi connectivity index (χ0) is 15.9. The molecule has 114 valence electrons. The predicted molar refractivity (Wildman–Crippen MR) is 84.6 cm³/mol. The van der Waals surface area contributed by atoms with Crippen LogP contribution in [0.2, 0.25) is 0 Å². The summed E-state index contributed by atoms with van der Waals surface area (Å²) in [5, 5.41) is 19.0. The van der Waals surface area contributed by atoms with Crippen LogP contribution in [-0.2, 0) is 16.0 Å². The number of aryl methyl sites for hydroxylation is 1. The van der Waals surface area contributed by atoms with Crippen LogP contribution in [0.4, 0.5) is 0 Å². The fourth-order valence-corrected chi connectivity index (χ4v) is 2.01. The molecule has 0 bridgehead atoms. The second kappa shape index (κ2) is 7.31. The van der Waals surface area contributed by atoms with E-state index in [1.54, 1.807) is 13.0 Å². The molecule has 0 spiro atoms. The van der Waals surface area contributed by atoms with Crippen LogP contribution in [0.1, 0.15) is 16.7 Å². The van der Waals surface area contributed by atoms with Crippen LogP contribution in [0.25, 0.3) is 6.08 Å². The molecule has 0 saturated heterocycles. The molecule has 0 saturated carbocycles. The molecule has 22 heavy (non-hydrogen) atoms.